The Morgan fingerprint density at radius 1 is 1.85 bits per heavy atom. The van der Waals surface area contributed by atoms with Crippen molar-refractivity contribution >= 4 is 28.9 Å². The average Bonchev–Trinajstić information content (AvgIpc) is 2.43. The second-order valence-electron chi connectivity index (χ2n) is 1.89. The topological polar surface area (TPSA) is 83.2 Å². The number of thiazole rings is 1. The highest BCUT2D eigenvalue weighted by Crippen LogP contribution is 2.27. The molecule has 0 aliphatic carbocycles. The average molecular weight is 219 g/mol. The number of carboxylic acid groups (broad SMARTS) is 1. The van der Waals surface area contributed by atoms with Crippen LogP contribution < -0.4 is 4.74 Å². The fraction of sp³-hybridized carbons (Fsp3) is 0.167. The molecule has 0 unspecified atom stereocenters. The van der Waals surface area contributed by atoms with E-state index in [9.17, 15) is 4.79 Å². The molecular formula is C6H3ClN2O3S. The number of ether oxygens (including phenoxy) is 1. The van der Waals surface area contributed by atoms with Gasteiger partial charge in [-0.2, -0.15) is 10.2 Å². The Hall–Kier alpha value is -1.32. The third-order valence-electron chi connectivity index (χ3n) is 0.987. The van der Waals surface area contributed by atoms with Crippen molar-refractivity contribution in [2.75, 3.05) is 6.61 Å². The first-order valence-electron chi connectivity index (χ1n) is 3.04. The minimum absolute atomic E-state index is 0.0351. The Bertz CT molecular complexity index is 370. The third-order valence-corrected chi connectivity index (χ3v) is 2.24. The van der Waals surface area contributed by atoms with Crippen LogP contribution in [0.1, 0.15) is 4.88 Å². The molecule has 5 nitrogen and oxygen atoms in total. The van der Waals surface area contributed by atoms with Gasteiger partial charge in [0, 0.05) is 0 Å². The van der Waals surface area contributed by atoms with E-state index in [0.29, 0.717) is 0 Å². The molecule has 68 valence electrons. The number of hydrogen-bond donors (Lipinski definition) is 1. The number of nitrogens with zero attached hydrogens (tertiary/aromatic N) is 2. The Kier molecular flexibility index (Phi) is 3.06. The lowest BCUT2D eigenvalue weighted by Gasteiger charge is -1.94. The first kappa shape index (κ1) is 9.77. The number of carboxylic acids is 1. The first-order chi connectivity index (χ1) is 6.13. The predicted octanol–water partition coefficient (Wildman–Crippen LogP) is 1.13. The quantitative estimate of drug-likeness (QED) is 0.822. The third kappa shape index (κ3) is 2.57. The Morgan fingerprint density at radius 3 is 3.00 bits per heavy atom. The summed E-state index contributed by atoms with van der Waals surface area (Å²) in [5.41, 5.74) is 0. The maximum Gasteiger partial charge on any atom is 0.341 e. The second-order valence-corrected chi connectivity index (χ2v) is 3.21. The zero-order chi connectivity index (χ0) is 9.84. The van der Waals surface area contributed by atoms with Crippen molar-refractivity contribution in [3.8, 4) is 11.3 Å². The molecule has 1 rings (SSSR count). The predicted molar refractivity (Wildman–Crippen MR) is 45.0 cm³/mol. The summed E-state index contributed by atoms with van der Waals surface area (Å²) in [5.74, 6) is -1.11. The van der Waals surface area contributed by atoms with Crippen molar-refractivity contribution in [2.45, 2.75) is 0 Å². The molecule has 0 bridgehead atoms. The van der Waals surface area contributed by atoms with Gasteiger partial charge in [-0.1, -0.05) is 22.9 Å². The highest BCUT2D eigenvalue weighted by molar-refractivity contribution is 7.14. The van der Waals surface area contributed by atoms with Gasteiger partial charge in [-0.15, -0.1) is 0 Å². The number of aliphatic carboxylic acids is 1. The zero-order valence-corrected chi connectivity index (χ0v) is 7.72. The molecule has 0 spiro atoms. The van der Waals surface area contributed by atoms with Gasteiger partial charge in [0.2, 0.25) is 0 Å². The van der Waals surface area contributed by atoms with Crippen molar-refractivity contribution in [3.05, 3.63) is 10.0 Å². The van der Waals surface area contributed by atoms with E-state index in [1.807, 2.05) is 0 Å². The maximum atomic E-state index is 10.1. The molecule has 1 aromatic heterocycles. The van der Waals surface area contributed by atoms with Crippen LogP contribution in [0.15, 0.2) is 0 Å². The summed E-state index contributed by atoms with van der Waals surface area (Å²) in [4.78, 5) is 13.9. The summed E-state index contributed by atoms with van der Waals surface area (Å²) in [7, 11) is 0. The van der Waals surface area contributed by atoms with Gasteiger partial charge >= 0.3 is 5.97 Å². The van der Waals surface area contributed by atoms with Gasteiger partial charge < -0.3 is 9.84 Å². The van der Waals surface area contributed by atoms with Gasteiger partial charge in [0.15, 0.2) is 11.8 Å². The van der Waals surface area contributed by atoms with E-state index >= 15 is 0 Å². The van der Waals surface area contributed by atoms with Crippen molar-refractivity contribution in [2.24, 2.45) is 0 Å². The second kappa shape index (κ2) is 4.07. The van der Waals surface area contributed by atoms with Crippen LogP contribution in [0, 0.1) is 11.3 Å². The van der Waals surface area contributed by atoms with E-state index in [1.165, 1.54) is 0 Å². The lowest BCUT2D eigenvalue weighted by Crippen LogP contribution is -2.08. The van der Waals surface area contributed by atoms with Gasteiger partial charge in [0.1, 0.15) is 10.9 Å². The molecule has 7 heteroatoms. The summed E-state index contributed by atoms with van der Waals surface area (Å²) in [6.45, 7) is -0.491. The monoisotopic (exact) mass is 218 g/mol. The molecule has 0 aromatic carbocycles. The smallest absolute Gasteiger partial charge is 0.341 e. The number of carbonyl (C=O) groups is 1. The van der Waals surface area contributed by atoms with Gasteiger partial charge in [-0.3, -0.25) is 0 Å². The summed E-state index contributed by atoms with van der Waals surface area (Å²) in [6, 6.07) is 1.80. The van der Waals surface area contributed by atoms with Crippen molar-refractivity contribution < 1.29 is 14.6 Å². The SMILES string of the molecule is N#Cc1sc(OCC(=O)O)nc1Cl. The first-order valence-corrected chi connectivity index (χ1v) is 4.24. The number of rotatable bonds is 3. The molecule has 1 heterocycles. The zero-order valence-electron chi connectivity index (χ0n) is 6.15. The van der Waals surface area contributed by atoms with Crippen LogP contribution in [-0.2, 0) is 4.79 Å². The Balaban J connectivity index is 2.69. The highest BCUT2D eigenvalue weighted by atomic mass is 35.5. The van der Waals surface area contributed by atoms with Crippen molar-refractivity contribution in [1.29, 1.82) is 5.26 Å². The summed E-state index contributed by atoms with van der Waals surface area (Å²) in [6.07, 6.45) is 0. The molecule has 0 fully saturated rings. The van der Waals surface area contributed by atoms with E-state index in [2.05, 4.69) is 4.98 Å². The molecule has 1 N–H and O–H groups in total. The van der Waals surface area contributed by atoms with E-state index in [0.717, 1.165) is 11.3 Å². The van der Waals surface area contributed by atoms with Crippen molar-refractivity contribution in [3.63, 3.8) is 0 Å². The van der Waals surface area contributed by atoms with Gasteiger partial charge in [-0.05, 0) is 0 Å². The Labute approximate surface area is 82.2 Å². The molecular weight excluding hydrogens is 216 g/mol. The number of aromatic nitrogens is 1. The van der Waals surface area contributed by atoms with E-state index in [4.69, 9.17) is 26.7 Å². The number of nitriles is 1. The fourth-order valence-electron chi connectivity index (χ4n) is 0.537. The van der Waals surface area contributed by atoms with Crippen LogP contribution in [-0.4, -0.2) is 22.7 Å². The maximum absolute atomic E-state index is 10.1. The Morgan fingerprint density at radius 2 is 2.54 bits per heavy atom. The van der Waals surface area contributed by atoms with Crippen LogP contribution >= 0.6 is 22.9 Å². The van der Waals surface area contributed by atoms with Gasteiger partial charge in [-0.25, -0.2) is 4.79 Å². The van der Waals surface area contributed by atoms with E-state index in [-0.39, 0.29) is 15.2 Å². The molecule has 0 saturated heterocycles. The van der Waals surface area contributed by atoms with Gasteiger partial charge in [0.25, 0.3) is 5.19 Å². The van der Waals surface area contributed by atoms with Crippen LogP contribution in [0.4, 0.5) is 0 Å². The van der Waals surface area contributed by atoms with E-state index in [1.54, 1.807) is 6.07 Å². The molecule has 0 amide bonds. The summed E-state index contributed by atoms with van der Waals surface area (Å²) < 4.78 is 4.70. The molecule has 13 heavy (non-hydrogen) atoms. The highest BCUT2D eigenvalue weighted by Gasteiger charge is 2.10. The summed E-state index contributed by atoms with van der Waals surface area (Å²) in [5, 5.41) is 16.9. The van der Waals surface area contributed by atoms with Crippen LogP contribution in [0.2, 0.25) is 5.15 Å². The van der Waals surface area contributed by atoms with Crippen LogP contribution in [0.5, 0.6) is 5.19 Å². The lowest BCUT2D eigenvalue weighted by atomic mass is 10.6. The molecule has 0 saturated carbocycles. The number of halogens is 1. The fourth-order valence-corrected chi connectivity index (χ4v) is 1.43. The van der Waals surface area contributed by atoms with E-state index < -0.39 is 12.6 Å². The minimum Gasteiger partial charge on any atom is -0.479 e. The summed E-state index contributed by atoms with van der Waals surface area (Å²) >= 11 is 6.42. The van der Waals surface area contributed by atoms with Crippen molar-refractivity contribution in [1.82, 2.24) is 4.98 Å². The minimum atomic E-state index is -1.11. The molecule has 0 radical (unpaired) electrons. The number of hydrogen-bond acceptors (Lipinski definition) is 5. The van der Waals surface area contributed by atoms with Crippen LogP contribution in [0.3, 0.4) is 0 Å². The molecule has 1 aromatic rings. The molecule has 0 atom stereocenters. The molecule has 0 aliphatic rings. The largest absolute Gasteiger partial charge is 0.479 e. The normalized spacial score (nSPS) is 9.23. The lowest BCUT2D eigenvalue weighted by molar-refractivity contribution is -0.139. The standard InChI is InChI=1S/C6H3ClN2O3S/c7-5-3(1-8)13-6(9-5)12-2-4(10)11/h2H2,(H,10,11). The van der Waals surface area contributed by atoms with Gasteiger partial charge in [0.05, 0.1) is 0 Å². The molecule has 0 aliphatic heterocycles. The van der Waals surface area contributed by atoms with Crippen LogP contribution in [0.25, 0.3) is 0 Å².